The first-order valence-corrected chi connectivity index (χ1v) is 15.2. The molecule has 4 N–H and O–H groups in total. The quantitative estimate of drug-likeness (QED) is 0.166. The molecule has 0 bridgehead atoms. The van der Waals surface area contributed by atoms with Gasteiger partial charge in [0.25, 0.3) is 11.9 Å². The molecule has 10 heteroatoms. The van der Waals surface area contributed by atoms with Gasteiger partial charge in [0, 0.05) is 56.7 Å². The van der Waals surface area contributed by atoms with Crippen LogP contribution in [0.5, 0.6) is 0 Å². The summed E-state index contributed by atoms with van der Waals surface area (Å²) in [5.41, 5.74) is 9.87. The van der Waals surface area contributed by atoms with Gasteiger partial charge in [-0.3, -0.25) is 4.79 Å². The third-order valence-corrected chi connectivity index (χ3v) is 8.62. The van der Waals surface area contributed by atoms with Crippen LogP contribution >= 0.6 is 0 Å². The van der Waals surface area contributed by atoms with Gasteiger partial charge in [0.2, 0.25) is 0 Å². The normalized spacial score (nSPS) is 26.4. The molecule has 1 aromatic rings. The minimum Gasteiger partial charge on any atom is -0.469 e. The molecule has 1 aromatic carbocycles. The fraction of sp³-hybridized carbons (Fsp3) is 0.625. The smallest absolute Gasteiger partial charge is 0.287 e. The number of nitrogens with one attached hydrogen (secondary N) is 2. The Morgan fingerprint density at radius 3 is 2.57 bits per heavy atom. The summed E-state index contributed by atoms with van der Waals surface area (Å²) in [6, 6.07) is 9.06. The summed E-state index contributed by atoms with van der Waals surface area (Å²) in [4.78, 5) is 19.9. The first-order valence-electron chi connectivity index (χ1n) is 15.2. The molecule has 232 valence electrons. The molecule has 10 nitrogen and oxygen atoms in total. The Kier molecular flexibility index (Phi) is 11.8. The molecule has 4 rings (SSSR count). The van der Waals surface area contributed by atoms with Crippen molar-refractivity contribution in [2.24, 2.45) is 10.7 Å². The molecule has 0 spiro atoms. The zero-order valence-corrected chi connectivity index (χ0v) is 25.7. The van der Waals surface area contributed by atoms with Crippen molar-refractivity contribution >= 4 is 11.9 Å². The van der Waals surface area contributed by atoms with Crippen LogP contribution in [0.25, 0.3) is 0 Å². The maximum atomic E-state index is 13.7. The third-order valence-electron chi connectivity index (χ3n) is 8.62. The number of methoxy groups -OCH3 is 2. The van der Waals surface area contributed by atoms with E-state index in [-0.39, 0.29) is 42.0 Å². The maximum absolute atomic E-state index is 13.7. The van der Waals surface area contributed by atoms with Crippen molar-refractivity contribution < 1.29 is 23.7 Å². The van der Waals surface area contributed by atoms with Gasteiger partial charge in [-0.2, -0.15) is 4.99 Å². The highest BCUT2D eigenvalue weighted by Gasteiger charge is 2.31. The number of benzene rings is 1. The van der Waals surface area contributed by atoms with Crippen LogP contribution in [-0.4, -0.2) is 88.2 Å². The highest BCUT2D eigenvalue weighted by Crippen LogP contribution is 2.31. The molecule has 1 amide bonds. The lowest BCUT2D eigenvalue weighted by Crippen LogP contribution is -2.54. The van der Waals surface area contributed by atoms with E-state index >= 15 is 0 Å². The number of piperidine rings is 1. The SMILES string of the molecule is C=C(NC[C@H]1CCC[C@@H](c2ccc(C)cc2)O1)/C(C)=C(\N=C(/N)OC)C(=O)N1CCC(N[C@@H]2CCOC[C@@H]2OC)CC1. The van der Waals surface area contributed by atoms with Crippen molar-refractivity contribution in [3.8, 4) is 0 Å². The first kappa shape index (κ1) is 32.0. The molecule has 4 atom stereocenters. The highest BCUT2D eigenvalue weighted by molar-refractivity contribution is 5.96. The first-order chi connectivity index (χ1) is 20.3. The number of hydrogen-bond donors (Lipinski definition) is 3. The van der Waals surface area contributed by atoms with Crippen LogP contribution in [0.15, 0.2) is 52.8 Å². The molecule has 0 unspecified atom stereocenters. The number of aliphatic imine (C=N–C) groups is 1. The monoisotopic (exact) mass is 583 g/mol. The second kappa shape index (κ2) is 15.5. The van der Waals surface area contributed by atoms with Gasteiger partial charge < -0.3 is 40.2 Å². The fourth-order valence-electron chi connectivity index (χ4n) is 5.87. The minimum absolute atomic E-state index is 0.0428. The Hall–Kier alpha value is -2.92. The molecule has 0 radical (unpaired) electrons. The molecule has 3 aliphatic rings. The molecule has 42 heavy (non-hydrogen) atoms. The molecular formula is C32H49N5O5. The van der Waals surface area contributed by atoms with Crippen molar-refractivity contribution in [2.45, 2.75) is 82.8 Å². The number of likely N-dealkylation sites (tertiary alicyclic amines) is 1. The lowest BCUT2D eigenvalue weighted by atomic mass is 9.97. The van der Waals surface area contributed by atoms with Crippen molar-refractivity contribution in [2.75, 3.05) is 47.1 Å². The number of amidine groups is 1. The Morgan fingerprint density at radius 1 is 1.14 bits per heavy atom. The van der Waals surface area contributed by atoms with Crippen LogP contribution in [0.1, 0.15) is 62.7 Å². The Labute approximate surface area is 250 Å². The van der Waals surface area contributed by atoms with E-state index in [1.807, 2.05) is 11.8 Å². The van der Waals surface area contributed by atoms with Gasteiger partial charge in [-0.05, 0) is 57.9 Å². The summed E-state index contributed by atoms with van der Waals surface area (Å²) in [6.45, 7) is 11.3. The van der Waals surface area contributed by atoms with Crippen LogP contribution in [0, 0.1) is 6.92 Å². The lowest BCUT2D eigenvalue weighted by Gasteiger charge is -2.38. The minimum atomic E-state index is -0.178. The van der Waals surface area contributed by atoms with E-state index in [0.717, 1.165) is 45.1 Å². The molecule has 3 saturated heterocycles. The number of hydrogen-bond acceptors (Lipinski definition) is 8. The standard InChI is InChI=1S/C32H49N5O5/c1-21-9-11-24(12-10-21)28-8-6-7-26(42-28)19-34-23(3)22(2)30(36-32(33)40-5)31(38)37-16-13-25(14-17-37)35-27-15-18-41-20-29(27)39-4/h9-12,25-29,34-35H,3,6-8,13-20H2,1-2,4-5H3,(H2,33,36)/b30-22-/t26-,27-,28+,29+/m1/s1. The maximum Gasteiger partial charge on any atom is 0.287 e. The van der Waals surface area contributed by atoms with Crippen LogP contribution < -0.4 is 16.4 Å². The van der Waals surface area contributed by atoms with Gasteiger partial charge in [-0.1, -0.05) is 36.4 Å². The van der Waals surface area contributed by atoms with Crippen LogP contribution in [0.3, 0.4) is 0 Å². The molecule has 0 aromatic heterocycles. The van der Waals surface area contributed by atoms with Crippen LogP contribution in [0.2, 0.25) is 0 Å². The van der Waals surface area contributed by atoms with Gasteiger partial charge in [0.05, 0.1) is 32.0 Å². The van der Waals surface area contributed by atoms with E-state index in [4.69, 9.17) is 24.7 Å². The number of nitrogens with two attached hydrogens (primary N) is 1. The summed E-state index contributed by atoms with van der Waals surface area (Å²) in [6.07, 6.45) is 5.85. The number of aryl methyl sites for hydroxylation is 1. The Bertz CT molecular complexity index is 1110. The van der Waals surface area contributed by atoms with E-state index in [2.05, 4.69) is 53.4 Å². The average molecular weight is 584 g/mol. The number of allylic oxidation sites excluding steroid dienone is 1. The van der Waals surface area contributed by atoms with E-state index in [0.29, 0.717) is 43.6 Å². The predicted molar refractivity (Wildman–Crippen MR) is 164 cm³/mol. The Morgan fingerprint density at radius 2 is 1.88 bits per heavy atom. The summed E-state index contributed by atoms with van der Waals surface area (Å²) < 4.78 is 22.7. The Balaban J connectivity index is 1.35. The average Bonchev–Trinajstić information content (AvgIpc) is 3.02. The van der Waals surface area contributed by atoms with E-state index in [1.54, 1.807) is 7.11 Å². The van der Waals surface area contributed by atoms with Crippen molar-refractivity contribution in [1.82, 2.24) is 15.5 Å². The summed E-state index contributed by atoms with van der Waals surface area (Å²) in [5, 5.41) is 7.13. The van der Waals surface area contributed by atoms with Crippen molar-refractivity contribution in [1.29, 1.82) is 0 Å². The van der Waals surface area contributed by atoms with E-state index < -0.39 is 0 Å². The number of ether oxygens (including phenoxy) is 4. The second-order valence-electron chi connectivity index (χ2n) is 11.6. The lowest BCUT2D eigenvalue weighted by molar-refractivity contribution is -0.128. The van der Waals surface area contributed by atoms with Gasteiger partial charge in [-0.15, -0.1) is 0 Å². The zero-order valence-electron chi connectivity index (χ0n) is 25.7. The summed E-state index contributed by atoms with van der Waals surface area (Å²) in [5.74, 6) is -0.178. The molecule has 3 fully saturated rings. The van der Waals surface area contributed by atoms with Gasteiger partial charge in [-0.25, -0.2) is 0 Å². The molecule has 3 aliphatic heterocycles. The number of nitrogens with zero attached hydrogens (tertiary/aromatic N) is 2. The van der Waals surface area contributed by atoms with E-state index in [9.17, 15) is 4.79 Å². The fourth-order valence-corrected chi connectivity index (χ4v) is 5.87. The van der Waals surface area contributed by atoms with E-state index in [1.165, 1.54) is 18.2 Å². The number of rotatable bonds is 10. The van der Waals surface area contributed by atoms with Crippen molar-refractivity contribution in [3.05, 3.63) is 58.9 Å². The largest absolute Gasteiger partial charge is 0.469 e. The van der Waals surface area contributed by atoms with Gasteiger partial charge >= 0.3 is 0 Å². The predicted octanol–water partition coefficient (Wildman–Crippen LogP) is 3.33. The summed E-state index contributed by atoms with van der Waals surface area (Å²) >= 11 is 0. The number of carbonyl (C=O) groups excluding carboxylic acids is 1. The zero-order chi connectivity index (χ0) is 30.1. The van der Waals surface area contributed by atoms with Crippen LogP contribution in [0.4, 0.5) is 0 Å². The van der Waals surface area contributed by atoms with Crippen LogP contribution in [-0.2, 0) is 23.7 Å². The van der Waals surface area contributed by atoms with Gasteiger partial charge in [0.1, 0.15) is 5.70 Å². The molecular weight excluding hydrogens is 534 g/mol. The van der Waals surface area contributed by atoms with Crippen molar-refractivity contribution in [3.63, 3.8) is 0 Å². The third kappa shape index (κ3) is 8.56. The topological polar surface area (TPSA) is 120 Å². The molecule has 3 heterocycles. The van der Waals surface area contributed by atoms with Gasteiger partial charge in [0.15, 0.2) is 0 Å². The second-order valence-corrected chi connectivity index (χ2v) is 11.6. The molecule has 0 aliphatic carbocycles. The number of carbonyl (C=O) groups is 1. The number of amides is 1. The molecule has 0 saturated carbocycles. The summed E-state index contributed by atoms with van der Waals surface area (Å²) in [7, 11) is 3.17. The highest BCUT2D eigenvalue weighted by atomic mass is 16.5.